The molecule has 0 saturated heterocycles. The minimum atomic E-state index is -0.0679. The fourth-order valence-corrected chi connectivity index (χ4v) is 4.56. The summed E-state index contributed by atoms with van der Waals surface area (Å²) in [5, 5.41) is 2.66. The molecule has 0 saturated carbocycles. The van der Waals surface area contributed by atoms with E-state index in [0.717, 1.165) is 21.5 Å². The predicted molar refractivity (Wildman–Crippen MR) is 123 cm³/mol. The van der Waals surface area contributed by atoms with E-state index in [9.17, 15) is 9.59 Å². The molecule has 0 amide bonds. The largest absolute Gasteiger partial charge is 0.300 e. The van der Waals surface area contributed by atoms with Crippen LogP contribution in [0.2, 0.25) is 0 Å². The molecule has 0 radical (unpaired) electrons. The van der Waals surface area contributed by atoms with Crippen molar-refractivity contribution in [2.75, 3.05) is 0 Å². The summed E-state index contributed by atoms with van der Waals surface area (Å²) in [4.78, 5) is 30.8. The molecular weight excluding hydrogens is 392 g/mol. The Bertz CT molecular complexity index is 1290. The number of ketones is 1. The zero-order valence-corrected chi connectivity index (χ0v) is 18.3. The van der Waals surface area contributed by atoms with E-state index in [1.807, 2.05) is 35.7 Å². The quantitative estimate of drug-likeness (QED) is 0.428. The molecule has 0 bridgehead atoms. The van der Waals surface area contributed by atoms with Crippen molar-refractivity contribution in [2.24, 2.45) is 0 Å². The van der Waals surface area contributed by atoms with Crippen LogP contribution in [0.5, 0.6) is 0 Å². The maximum atomic E-state index is 13.6. The van der Waals surface area contributed by atoms with Crippen LogP contribution in [0.4, 0.5) is 0 Å². The standard InChI is InChI=1S/C25H24N2O2S/c1-16-9-10-20(13-17(16)2)21-15-30-24-23(21)25(29)27(12-11-18(3)28)22(26-24)14-19-7-5-4-6-8-19/h4-10,13,15H,11-12,14H2,1-3H3. The van der Waals surface area contributed by atoms with Crippen molar-refractivity contribution < 1.29 is 4.79 Å². The summed E-state index contributed by atoms with van der Waals surface area (Å²) in [6, 6.07) is 16.2. The number of hydrogen-bond donors (Lipinski definition) is 0. The molecule has 0 N–H and O–H groups in total. The van der Waals surface area contributed by atoms with Gasteiger partial charge in [0, 0.05) is 30.3 Å². The summed E-state index contributed by atoms with van der Waals surface area (Å²) < 4.78 is 1.69. The highest BCUT2D eigenvalue weighted by Gasteiger charge is 2.18. The summed E-state index contributed by atoms with van der Waals surface area (Å²) in [6.07, 6.45) is 0.874. The SMILES string of the molecule is CC(=O)CCn1c(Cc2ccccc2)nc2scc(-c3ccc(C)c(C)c3)c2c1=O. The summed E-state index contributed by atoms with van der Waals surface area (Å²) in [5.74, 6) is 0.765. The second-order valence-electron chi connectivity index (χ2n) is 7.73. The normalized spacial score (nSPS) is 11.2. The molecule has 2 aromatic heterocycles. The molecule has 0 fully saturated rings. The van der Waals surface area contributed by atoms with Crippen LogP contribution in [0.1, 0.15) is 35.9 Å². The first-order valence-corrected chi connectivity index (χ1v) is 10.9. The Kier molecular flexibility index (Phi) is 5.64. The lowest BCUT2D eigenvalue weighted by Gasteiger charge is -2.13. The number of benzene rings is 2. The van der Waals surface area contributed by atoms with E-state index in [1.54, 1.807) is 11.5 Å². The van der Waals surface area contributed by atoms with E-state index in [4.69, 9.17) is 4.98 Å². The number of fused-ring (bicyclic) bond motifs is 1. The number of aromatic nitrogens is 2. The van der Waals surface area contributed by atoms with Gasteiger partial charge >= 0.3 is 0 Å². The monoisotopic (exact) mass is 416 g/mol. The van der Waals surface area contributed by atoms with Gasteiger partial charge in [-0.1, -0.05) is 48.5 Å². The van der Waals surface area contributed by atoms with E-state index in [2.05, 4.69) is 32.0 Å². The van der Waals surface area contributed by atoms with Crippen molar-refractivity contribution in [1.82, 2.24) is 9.55 Å². The Hall–Kier alpha value is -3.05. The third-order valence-electron chi connectivity index (χ3n) is 5.48. The van der Waals surface area contributed by atoms with Crippen LogP contribution in [0.15, 0.2) is 58.7 Å². The average Bonchev–Trinajstić information content (AvgIpc) is 3.14. The van der Waals surface area contributed by atoms with Crippen molar-refractivity contribution in [2.45, 2.75) is 40.2 Å². The maximum absolute atomic E-state index is 13.6. The summed E-state index contributed by atoms with van der Waals surface area (Å²) in [6.45, 7) is 6.06. The molecule has 4 nitrogen and oxygen atoms in total. The third kappa shape index (κ3) is 3.98. The van der Waals surface area contributed by atoms with Gasteiger partial charge in [0.1, 0.15) is 16.4 Å². The van der Waals surface area contributed by atoms with Crippen LogP contribution in [0.3, 0.4) is 0 Å². The van der Waals surface area contributed by atoms with Crippen LogP contribution in [-0.4, -0.2) is 15.3 Å². The van der Waals surface area contributed by atoms with Crippen molar-refractivity contribution >= 4 is 27.3 Å². The fourth-order valence-electron chi connectivity index (χ4n) is 3.60. The molecule has 0 unspecified atom stereocenters. The number of aryl methyl sites for hydroxylation is 2. The molecule has 0 aliphatic heterocycles. The van der Waals surface area contributed by atoms with E-state index in [1.165, 1.54) is 22.5 Å². The Morgan fingerprint density at radius 1 is 1.07 bits per heavy atom. The highest BCUT2D eigenvalue weighted by atomic mass is 32.1. The minimum Gasteiger partial charge on any atom is -0.300 e. The fraction of sp³-hybridized carbons (Fsp3) is 0.240. The first-order valence-electron chi connectivity index (χ1n) is 10.1. The molecule has 2 heterocycles. The average molecular weight is 417 g/mol. The van der Waals surface area contributed by atoms with Gasteiger partial charge in [-0.05, 0) is 43.0 Å². The number of nitrogens with zero attached hydrogens (tertiary/aromatic N) is 2. The topological polar surface area (TPSA) is 52.0 Å². The van der Waals surface area contributed by atoms with Crippen LogP contribution < -0.4 is 5.56 Å². The number of carbonyl (C=O) groups is 1. The molecular formula is C25H24N2O2S. The van der Waals surface area contributed by atoms with Gasteiger partial charge in [0.25, 0.3) is 5.56 Å². The van der Waals surface area contributed by atoms with Gasteiger partial charge < -0.3 is 0 Å². The molecule has 4 aromatic rings. The lowest BCUT2D eigenvalue weighted by atomic mass is 10.0. The number of Topliss-reactive ketones (excluding diaryl/α,β-unsaturated/α-hetero) is 1. The van der Waals surface area contributed by atoms with E-state index >= 15 is 0 Å². The minimum absolute atomic E-state index is 0.0624. The van der Waals surface area contributed by atoms with Gasteiger partial charge in [-0.3, -0.25) is 14.2 Å². The third-order valence-corrected chi connectivity index (χ3v) is 6.36. The highest BCUT2D eigenvalue weighted by molar-refractivity contribution is 7.17. The number of rotatable bonds is 6. The van der Waals surface area contributed by atoms with Crippen LogP contribution in [0, 0.1) is 13.8 Å². The van der Waals surface area contributed by atoms with Gasteiger partial charge in [-0.25, -0.2) is 4.98 Å². The van der Waals surface area contributed by atoms with Gasteiger partial charge in [-0.15, -0.1) is 11.3 Å². The Morgan fingerprint density at radius 3 is 2.53 bits per heavy atom. The van der Waals surface area contributed by atoms with Crippen LogP contribution >= 0.6 is 11.3 Å². The van der Waals surface area contributed by atoms with Gasteiger partial charge in [0.2, 0.25) is 0 Å². The van der Waals surface area contributed by atoms with Gasteiger partial charge in [0.15, 0.2) is 0 Å². The first-order chi connectivity index (χ1) is 14.4. The van der Waals surface area contributed by atoms with Gasteiger partial charge in [-0.2, -0.15) is 0 Å². The zero-order chi connectivity index (χ0) is 21.3. The van der Waals surface area contributed by atoms with E-state index < -0.39 is 0 Å². The predicted octanol–water partition coefficient (Wildman–Crippen LogP) is 5.31. The molecule has 0 aliphatic carbocycles. The van der Waals surface area contributed by atoms with Gasteiger partial charge in [0.05, 0.1) is 5.39 Å². The van der Waals surface area contributed by atoms with Crippen molar-refractivity contribution in [1.29, 1.82) is 0 Å². The Labute approximate surface area is 179 Å². The smallest absolute Gasteiger partial charge is 0.262 e. The lowest BCUT2D eigenvalue weighted by molar-refractivity contribution is -0.117. The summed E-state index contributed by atoms with van der Waals surface area (Å²) in [7, 11) is 0. The van der Waals surface area contributed by atoms with E-state index in [0.29, 0.717) is 30.6 Å². The molecule has 0 spiro atoms. The van der Waals surface area contributed by atoms with Crippen LogP contribution in [-0.2, 0) is 17.8 Å². The molecule has 5 heteroatoms. The van der Waals surface area contributed by atoms with Crippen LogP contribution in [0.25, 0.3) is 21.3 Å². The van der Waals surface area contributed by atoms with Crippen molar-refractivity contribution in [3.8, 4) is 11.1 Å². The first kappa shape index (κ1) is 20.2. The number of carbonyl (C=O) groups excluding carboxylic acids is 1. The number of hydrogen-bond acceptors (Lipinski definition) is 4. The van der Waals surface area contributed by atoms with Crippen molar-refractivity contribution in [3.05, 3.63) is 86.8 Å². The Balaban J connectivity index is 1.88. The molecule has 2 aromatic carbocycles. The second-order valence-corrected chi connectivity index (χ2v) is 8.59. The van der Waals surface area contributed by atoms with E-state index in [-0.39, 0.29) is 11.3 Å². The molecule has 0 atom stereocenters. The second kappa shape index (κ2) is 8.36. The maximum Gasteiger partial charge on any atom is 0.262 e. The lowest BCUT2D eigenvalue weighted by Crippen LogP contribution is -2.26. The Morgan fingerprint density at radius 2 is 1.83 bits per heavy atom. The molecule has 30 heavy (non-hydrogen) atoms. The summed E-state index contributed by atoms with van der Waals surface area (Å²) in [5.41, 5.74) is 5.38. The highest BCUT2D eigenvalue weighted by Crippen LogP contribution is 2.32. The molecule has 0 aliphatic rings. The number of thiophene rings is 1. The summed E-state index contributed by atoms with van der Waals surface area (Å²) >= 11 is 1.50. The zero-order valence-electron chi connectivity index (χ0n) is 17.4. The molecule has 152 valence electrons. The molecule has 4 rings (SSSR count). The van der Waals surface area contributed by atoms with Crippen molar-refractivity contribution in [3.63, 3.8) is 0 Å².